The van der Waals surface area contributed by atoms with Gasteiger partial charge in [-0.05, 0) is 19.4 Å². The SMILES string of the molecule is CN(C)C(=O)CCNCCCCO. The van der Waals surface area contributed by atoms with E-state index in [4.69, 9.17) is 5.11 Å². The molecule has 0 spiro atoms. The van der Waals surface area contributed by atoms with Gasteiger partial charge in [0, 0.05) is 33.7 Å². The van der Waals surface area contributed by atoms with Crippen molar-refractivity contribution in [2.24, 2.45) is 0 Å². The van der Waals surface area contributed by atoms with Crippen LogP contribution in [0.1, 0.15) is 19.3 Å². The average Bonchev–Trinajstić information content (AvgIpc) is 2.10. The third-order valence-corrected chi connectivity index (χ3v) is 1.78. The first-order valence-corrected chi connectivity index (χ1v) is 4.70. The van der Waals surface area contributed by atoms with Crippen LogP contribution in [0.4, 0.5) is 0 Å². The minimum absolute atomic E-state index is 0.148. The van der Waals surface area contributed by atoms with Crippen LogP contribution < -0.4 is 5.32 Å². The summed E-state index contributed by atoms with van der Waals surface area (Å²) < 4.78 is 0. The lowest BCUT2D eigenvalue weighted by atomic mass is 10.3. The quantitative estimate of drug-likeness (QED) is 0.545. The molecule has 0 radical (unpaired) electrons. The number of carbonyl (C=O) groups is 1. The minimum atomic E-state index is 0.148. The molecule has 0 bridgehead atoms. The second kappa shape index (κ2) is 8.01. The number of nitrogens with one attached hydrogen (secondary N) is 1. The number of nitrogens with zero attached hydrogens (tertiary/aromatic N) is 1. The Labute approximate surface area is 79.9 Å². The van der Waals surface area contributed by atoms with Crippen molar-refractivity contribution in [3.8, 4) is 0 Å². The molecule has 0 aliphatic carbocycles. The van der Waals surface area contributed by atoms with Crippen LogP contribution in [-0.4, -0.2) is 49.7 Å². The maximum atomic E-state index is 11.1. The normalized spacial score (nSPS) is 10.1. The summed E-state index contributed by atoms with van der Waals surface area (Å²) in [6.07, 6.45) is 2.34. The fourth-order valence-electron chi connectivity index (χ4n) is 0.906. The largest absolute Gasteiger partial charge is 0.396 e. The number of amides is 1. The van der Waals surface area contributed by atoms with Crippen LogP contribution in [0.2, 0.25) is 0 Å². The zero-order valence-corrected chi connectivity index (χ0v) is 8.55. The molecule has 1 amide bonds. The zero-order chi connectivity index (χ0) is 10.1. The smallest absolute Gasteiger partial charge is 0.223 e. The standard InChI is InChI=1S/C9H20N2O2/c1-11(2)9(13)5-7-10-6-3-4-8-12/h10,12H,3-8H2,1-2H3. The summed E-state index contributed by atoms with van der Waals surface area (Å²) in [5.74, 6) is 0.148. The van der Waals surface area contributed by atoms with Crippen LogP contribution in [0.3, 0.4) is 0 Å². The van der Waals surface area contributed by atoms with Crippen LogP contribution in [0.25, 0.3) is 0 Å². The Morgan fingerprint density at radius 2 is 2.00 bits per heavy atom. The van der Waals surface area contributed by atoms with Crippen LogP contribution in [0, 0.1) is 0 Å². The van der Waals surface area contributed by atoms with Gasteiger partial charge >= 0.3 is 0 Å². The summed E-state index contributed by atoms with van der Waals surface area (Å²) in [5, 5.41) is 11.6. The van der Waals surface area contributed by atoms with E-state index in [2.05, 4.69) is 5.32 Å². The zero-order valence-electron chi connectivity index (χ0n) is 8.55. The Bertz CT molecular complexity index is 138. The highest BCUT2D eigenvalue weighted by Crippen LogP contribution is 1.87. The lowest BCUT2D eigenvalue weighted by molar-refractivity contribution is -0.128. The van der Waals surface area contributed by atoms with Gasteiger partial charge in [-0.25, -0.2) is 0 Å². The third-order valence-electron chi connectivity index (χ3n) is 1.78. The first-order valence-electron chi connectivity index (χ1n) is 4.70. The molecule has 0 aromatic heterocycles. The summed E-state index contributed by atoms with van der Waals surface area (Å²) in [7, 11) is 3.52. The highest BCUT2D eigenvalue weighted by atomic mass is 16.2. The summed E-state index contributed by atoms with van der Waals surface area (Å²) in [6.45, 7) is 1.85. The maximum absolute atomic E-state index is 11.1. The monoisotopic (exact) mass is 188 g/mol. The Hall–Kier alpha value is -0.610. The fourth-order valence-corrected chi connectivity index (χ4v) is 0.906. The van der Waals surface area contributed by atoms with Gasteiger partial charge in [-0.3, -0.25) is 4.79 Å². The Kier molecular flexibility index (Phi) is 7.63. The highest BCUT2D eigenvalue weighted by Gasteiger charge is 2.01. The molecule has 78 valence electrons. The van der Waals surface area contributed by atoms with E-state index < -0.39 is 0 Å². The topological polar surface area (TPSA) is 52.6 Å². The van der Waals surface area contributed by atoms with E-state index in [1.165, 1.54) is 0 Å². The van der Waals surface area contributed by atoms with Gasteiger partial charge in [-0.2, -0.15) is 0 Å². The number of rotatable bonds is 7. The van der Waals surface area contributed by atoms with E-state index in [0.717, 1.165) is 25.9 Å². The molecule has 0 aliphatic heterocycles. The Morgan fingerprint density at radius 1 is 1.31 bits per heavy atom. The van der Waals surface area contributed by atoms with E-state index in [1.807, 2.05) is 0 Å². The molecule has 0 atom stereocenters. The van der Waals surface area contributed by atoms with E-state index >= 15 is 0 Å². The van der Waals surface area contributed by atoms with Crippen molar-refractivity contribution in [1.82, 2.24) is 10.2 Å². The van der Waals surface area contributed by atoms with Crippen molar-refractivity contribution < 1.29 is 9.90 Å². The van der Waals surface area contributed by atoms with Crippen molar-refractivity contribution in [1.29, 1.82) is 0 Å². The Morgan fingerprint density at radius 3 is 2.54 bits per heavy atom. The summed E-state index contributed by atoms with van der Waals surface area (Å²) in [4.78, 5) is 12.7. The van der Waals surface area contributed by atoms with Crippen molar-refractivity contribution in [3.63, 3.8) is 0 Å². The predicted octanol–water partition coefficient (Wildman–Crippen LogP) is -0.173. The van der Waals surface area contributed by atoms with Gasteiger partial charge in [0.25, 0.3) is 0 Å². The average molecular weight is 188 g/mol. The van der Waals surface area contributed by atoms with Gasteiger partial charge in [0.2, 0.25) is 5.91 Å². The number of aliphatic hydroxyl groups excluding tert-OH is 1. The molecule has 4 heteroatoms. The number of hydrogen-bond acceptors (Lipinski definition) is 3. The molecule has 0 rings (SSSR count). The fraction of sp³-hybridized carbons (Fsp3) is 0.889. The summed E-state index contributed by atoms with van der Waals surface area (Å²) in [5.41, 5.74) is 0. The Balaban J connectivity index is 3.12. The molecule has 0 aliphatic rings. The predicted molar refractivity (Wildman–Crippen MR) is 52.5 cm³/mol. The van der Waals surface area contributed by atoms with Crippen molar-refractivity contribution >= 4 is 5.91 Å². The van der Waals surface area contributed by atoms with Crippen LogP contribution >= 0.6 is 0 Å². The molecule has 0 saturated carbocycles. The van der Waals surface area contributed by atoms with Crippen molar-refractivity contribution in [2.45, 2.75) is 19.3 Å². The molecule has 0 aromatic rings. The molecule has 4 nitrogen and oxygen atoms in total. The van der Waals surface area contributed by atoms with Crippen LogP contribution in [-0.2, 0) is 4.79 Å². The van der Waals surface area contributed by atoms with E-state index in [9.17, 15) is 4.79 Å². The molecule has 13 heavy (non-hydrogen) atoms. The van der Waals surface area contributed by atoms with Crippen LogP contribution in [0.15, 0.2) is 0 Å². The molecular formula is C9H20N2O2. The van der Waals surface area contributed by atoms with Gasteiger partial charge in [-0.1, -0.05) is 0 Å². The third kappa shape index (κ3) is 7.74. The molecule has 0 aromatic carbocycles. The molecule has 0 fully saturated rings. The second-order valence-electron chi connectivity index (χ2n) is 3.22. The van der Waals surface area contributed by atoms with Gasteiger partial charge in [0.05, 0.1) is 0 Å². The van der Waals surface area contributed by atoms with Gasteiger partial charge in [-0.15, -0.1) is 0 Å². The number of hydrogen-bond donors (Lipinski definition) is 2. The minimum Gasteiger partial charge on any atom is -0.396 e. The molecule has 0 unspecified atom stereocenters. The van der Waals surface area contributed by atoms with E-state index in [0.29, 0.717) is 6.42 Å². The highest BCUT2D eigenvalue weighted by molar-refractivity contribution is 5.75. The second-order valence-corrected chi connectivity index (χ2v) is 3.22. The lowest BCUT2D eigenvalue weighted by Crippen LogP contribution is -2.27. The summed E-state index contributed by atoms with van der Waals surface area (Å²) in [6, 6.07) is 0. The van der Waals surface area contributed by atoms with Crippen LogP contribution in [0.5, 0.6) is 0 Å². The van der Waals surface area contributed by atoms with Crippen molar-refractivity contribution in [3.05, 3.63) is 0 Å². The number of aliphatic hydroxyl groups is 1. The van der Waals surface area contributed by atoms with Gasteiger partial charge in [0.1, 0.15) is 0 Å². The molecule has 0 saturated heterocycles. The van der Waals surface area contributed by atoms with E-state index in [1.54, 1.807) is 19.0 Å². The van der Waals surface area contributed by atoms with E-state index in [-0.39, 0.29) is 12.5 Å². The number of unbranched alkanes of at least 4 members (excludes halogenated alkanes) is 1. The maximum Gasteiger partial charge on any atom is 0.223 e. The van der Waals surface area contributed by atoms with Crippen molar-refractivity contribution in [2.75, 3.05) is 33.8 Å². The molecule has 0 heterocycles. The van der Waals surface area contributed by atoms with Gasteiger partial charge in [0.15, 0.2) is 0 Å². The number of carbonyl (C=O) groups excluding carboxylic acids is 1. The summed E-state index contributed by atoms with van der Waals surface area (Å²) >= 11 is 0. The first kappa shape index (κ1) is 12.4. The lowest BCUT2D eigenvalue weighted by Gasteiger charge is -2.10. The first-order chi connectivity index (χ1) is 6.18. The molecule has 2 N–H and O–H groups in total. The molecular weight excluding hydrogens is 168 g/mol. The van der Waals surface area contributed by atoms with Gasteiger partial charge < -0.3 is 15.3 Å².